The van der Waals surface area contributed by atoms with Gasteiger partial charge in [-0.15, -0.1) is 0 Å². The molecule has 9 aromatic rings. The number of fused-ring (bicyclic) bond motifs is 6. The minimum absolute atomic E-state index is 0.694. The number of rotatable bonds is 4. The fourth-order valence-electron chi connectivity index (χ4n) is 6.71. The van der Waals surface area contributed by atoms with Gasteiger partial charge in [0.15, 0.2) is 5.82 Å². The van der Waals surface area contributed by atoms with E-state index in [9.17, 15) is 0 Å². The van der Waals surface area contributed by atoms with Gasteiger partial charge in [-0.1, -0.05) is 115 Å². The summed E-state index contributed by atoms with van der Waals surface area (Å²) in [5.41, 5.74) is 8.31. The van der Waals surface area contributed by atoms with Gasteiger partial charge >= 0.3 is 0 Å². The molecule has 0 amide bonds. The lowest BCUT2D eigenvalue weighted by Crippen LogP contribution is -1.97. The molecule has 9 rings (SSSR count). The SMILES string of the molecule is c1ccc(-c2nc(-c3cc(-c4cccnc4)cc(-c4cc5ccccc5c5ccccc45)c3)nc3c2ccc2ccccc23)cc1. The van der Waals surface area contributed by atoms with Crippen LogP contribution in [-0.2, 0) is 0 Å². The molecular formula is C43H27N3. The van der Waals surface area contributed by atoms with Gasteiger partial charge in [-0.05, 0) is 80.0 Å². The van der Waals surface area contributed by atoms with Gasteiger partial charge < -0.3 is 0 Å². The highest BCUT2D eigenvalue weighted by molar-refractivity contribution is 6.14. The van der Waals surface area contributed by atoms with E-state index in [1.807, 2.05) is 24.5 Å². The fourth-order valence-corrected chi connectivity index (χ4v) is 6.71. The summed E-state index contributed by atoms with van der Waals surface area (Å²) in [5, 5.41) is 8.23. The molecule has 3 heteroatoms. The van der Waals surface area contributed by atoms with Crippen molar-refractivity contribution >= 4 is 43.2 Å². The molecule has 0 saturated carbocycles. The quantitative estimate of drug-likeness (QED) is 0.193. The molecule has 0 unspecified atom stereocenters. The van der Waals surface area contributed by atoms with E-state index in [2.05, 4.69) is 145 Å². The molecule has 214 valence electrons. The van der Waals surface area contributed by atoms with Gasteiger partial charge in [-0.3, -0.25) is 4.98 Å². The Balaban J connectivity index is 1.37. The van der Waals surface area contributed by atoms with Gasteiger partial charge in [-0.25, -0.2) is 9.97 Å². The summed E-state index contributed by atoms with van der Waals surface area (Å²) in [6, 6.07) is 53.6. The molecule has 0 atom stereocenters. The molecule has 2 heterocycles. The molecule has 0 saturated heterocycles. The molecule has 0 aliphatic heterocycles. The van der Waals surface area contributed by atoms with E-state index >= 15 is 0 Å². The smallest absolute Gasteiger partial charge is 0.160 e. The Morgan fingerprint density at radius 2 is 1.04 bits per heavy atom. The van der Waals surface area contributed by atoms with Crippen LogP contribution in [-0.4, -0.2) is 15.0 Å². The molecule has 0 fully saturated rings. The zero-order chi connectivity index (χ0) is 30.5. The summed E-state index contributed by atoms with van der Waals surface area (Å²) in [5.74, 6) is 0.694. The van der Waals surface area contributed by atoms with Crippen LogP contribution in [0.1, 0.15) is 0 Å². The van der Waals surface area contributed by atoms with Crippen LogP contribution in [0.25, 0.3) is 88.1 Å². The number of nitrogens with zero attached hydrogens (tertiary/aromatic N) is 3. The molecule has 46 heavy (non-hydrogen) atoms. The average Bonchev–Trinajstić information content (AvgIpc) is 3.14. The first-order valence-electron chi connectivity index (χ1n) is 15.5. The number of hydrogen-bond acceptors (Lipinski definition) is 3. The second-order valence-corrected chi connectivity index (χ2v) is 11.7. The number of benzene rings is 7. The average molecular weight is 586 g/mol. The van der Waals surface area contributed by atoms with Crippen LogP contribution >= 0.6 is 0 Å². The summed E-state index contributed by atoms with van der Waals surface area (Å²) in [6.45, 7) is 0. The summed E-state index contributed by atoms with van der Waals surface area (Å²) in [4.78, 5) is 15.1. The van der Waals surface area contributed by atoms with E-state index in [1.54, 1.807) is 0 Å². The zero-order valence-corrected chi connectivity index (χ0v) is 24.9. The van der Waals surface area contributed by atoms with Crippen molar-refractivity contribution in [2.24, 2.45) is 0 Å². The van der Waals surface area contributed by atoms with E-state index < -0.39 is 0 Å². The zero-order valence-electron chi connectivity index (χ0n) is 24.9. The Labute approximate surface area is 266 Å². The number of aromatic nitrogens is 3. The molecule has 0 aliphatic rings. The van der Waals surface area contributed by atoms with Crippen molar-refractivity contribution in [3.05, 3.63) is 164 Å². The van der Waals surface area contributed by atoms with E-state index in [4.69, 9.17) is 9.97 Å². The van der Waals surface area contributed by atoms with Crippen LogP contribution in [0.3, 0.4) is 0 Å². The van der Waals surface area contributed by atoms with E-state index in [0.29, 0.717) is 5.82 Å². The molecule has 0 radical (unpaired) electrons. The van der Waals surface area contributed by atoms with Crippen molar-refractivity contribution in [2.45, 2.75) is 0 Å². The molecule has 3 nitrogen and oxygen atoms in total. The largest absolute Gasteiger partial charge is 0.264 e. The van der Waals surface area contributed by atoms with Crippen LogP contribution in [0.15, 0.2) is 164 Å². The van der Waals surface area contributed by atoms with Crippen LogP contribution in [0, 0.1) is 0 Å². The maximum absolute atomic E-state index is 5.31. The van der Waals surface area contributed by atoms with E-state index in [-0.39, 0.29) is 0 Å². The lowest BCUT2D eigenvalue weighted by atomic mass is 9.90. The lowest BCUT2D eigenvalue weighted by Gasteiger charge is -2.15. The van der Waals surface area contributed by atoms with Crippen LogP contribution in [0.4, 0.5) is 0 Å². The van der Waals surface area contributed by atoms with E-state index in [1.165, 1.54) is 27.1 Å². The van der Waals surface area contributed by atoms with Crippen LogP contribution in [0.2, 0.25) is 0 Å². The monoisotopic (exact) mass is 585 g/mol. The summed E-state index contributed by atoms with van der Waals surface area (Å²) < 4.78 is 0. The van der Waals surface area contributed by atoms with E-state index in [0.717, 1.165) is 55.2 Å². The third-order valence-corrected chi connectivity index (χ3v) is 8.90. The van der Waals surface area contributed by atoms with Crippen molar-refractivity contribution in [1.82, 2.24) is 15.0 Å². The van der Waals surface area contributed by atoms with Gasteiger partial charge in [0, 0.05) is 39.9 Å². The second kappa shape index (κ2) is 10.8. The highest BCUT2D eigenvalue weighted by Gasteiger charge is 2.17. The maximum atomic E-state index is 5.31. The number of hydrogen-bond donors (Lipinski definition) is 0. The molecule has 0 spiro atoms. The predicted octanol–water partition coefficient (Wildman–Crippen LogP) is 11.2. The highest BCUT2D eigenvalue weighted by atomic mass is 14.9. The van der Waals surface area contributed by atoms with Gasteiger partial charge in [0.05, 0.1) is 11.2 Å². The first-order valence-corrected chi connectivity index (χ1v) is 15.5. The third-order valence-electron chi connectivity index (χ3n) is 8.90. The maximum Gasteiger partial charge on any atom is 0.160 e. The highest BCUT2D eigenvalue weighted by Crippen LogP contribution is 2.40. The summed E-state index contributed by atoms with van der Waals surface area (Å²) in [7, 11) is 0. The van der Waals surface area contributed by atoms with Crippen molar-refractivity contribution in [3.8, 4) is 44.9 Å². The normalized spacial score (nSPS) is 11.5. The Morgan fingerprint density at radius 3 is 1.87 bits per heavy atom. The van der Waals surface area contributed by atoms with Crippen molar-refractivity contribution in [1.29, 1.82) is 0 Å². The third kappa shape index (κ3) is 4.41. The molecule has 0 N–H and O–H groups in total. The lowest BCUT2D eigenvalue weighted by molar-refractivity contribution is 1.23. The summed E-state index contributed by atoms with van der Waals surface area (Å²) >= 11 is 0. The van der Waals surface area contributed by atoms with Gasteiger partial charge in [0.2, 0.25) is 0 Å². The Bertz CT molecular complexity index is 2570. The minimum atomic E-state index is 0.694. The topological polar surface area (TPSA) is 38.7 Å². The second-order valence-electron chi connectivity index (χ2n) is 11.7. The van der Waals surface area contributed by atoms with Gasteiger partial charge in [0.25, 0.3) is 0 Å². The molecule has 7 aromatic carbocycles. The van der Waals surface area contributed by atoms with Gasteiger partial charge in [0.1, 0.15) is 0 Å². The Morgan fingerprint density at radius 1 is 0.370 bits per heavy atom. The summed E-state index contributed by atoms with van der Waals surface area (Å²) in [6.07, 6.45) is 3.74. The minimum Gasteiger partial charge on any atom is -0.264 e. The molecule has 0 bridgehead atoms. The first kappa shape index (κ1) is 26.2. The first-order chi connectivity index (χ1) is 22.8. The van der Waals surface area contributed by atoms with Crippen LogP contribution in [0.5, 0.6) is 0 Å². The van der Waals surface area contributed by atoms with Crippen molar-refractivity contribution < 1.29 is 0 Å². The molecular weight excluding hydrogens is 558 g/mol. The predicted molar refractivity (Wildman–Crippen MR) is 192 cm³/mol. The standard InChI is InChI=1S/C43H27N3/c1-2-12-29(13-3-1)41-39-21-20-28-11-4-7-17-36(28)42(39)46-43(45-41)34-24-32(31-15-10-22-44-27-31)23-33(25-34)40-26-30-14-5-6-16-35(30)37-18-8-9-19-38(37)40/h1-27H. The number of pyridine rings is 1. The van der Waals surface area contributed by atoms with Crippen molar-refractivity contribution in [2.75, 3.05) is 0 Å². The van der Waals surface area contributed by atoms with Gasteiger partial charge in [-0.2, -0.15) is 0 Å². The van der Waals surface area contributed by atoms with Crippen LogP contribution < -0.4 is 0 Å². The van der Waals surface area contributed by atoms with Crippen molar-refractivity contribution in [3.63, 3.8) is 0 Å². The molecule has 0 aliphatic carbocycles. The molecule has 2 aromatic heterocycles. The Hall–Kier alpha value is -6.19. The Kier molecular flexibility index (Phi) is 6.14. The fraction of sp³-hybridized carbons (Fsp3) is 0.